The van der Waals surface area contributed by atoms with Crippen LogP contribution in [0.15, 0.2) is 35.1 Å². The summed E-state index contributed by atoms with van der Waals surface area (Å²) >= 11 is 3.35. The number of carboxylic acids is 1. The molecule has 0 aliphatic carbocycles. The highest BCUT2D eigenvalue weighted by Gasteiger charge is 2.07. The summed E-state index contributed by atoms with van der Waals surface area (Å²) in [5.41, 5.74) is 0.829. The molecular weight excluding hydrogens is 300 g/mol. The number of nitrogens with zero attached hydrogens (tertiary/aromatic N) is 2. The van der Waals surface area contributed by atoms with Crippen molar-refractivity contribution >= 4 is 21.9 Å². The number of ether oxygens (including phenoxy) is 1. The van der Waals surface area contributed by atoms with Crippen LogP contribution in [0.2, 0.25) is 0 Å². The maximum Gasteiger partial charge on any atom is 0.356 e. The van der Waals surface area contributed by atoms with E-state index < -0.39 is 5.97 Å². The van der Waals surface area contributed by atoms with Gasteiger partial charge in [-0.15, -0.1) is 0 Å². The third-order valence-corrected chi connectivity index (χ3v) is 2.71. The van der Waals surface area contributed by atoms with Gasteiger partial charge in [0.1, 0.15) is 5.75 Å². The summed E-state index contributed by atoms with van der Waals surface area (Å²) in [7, 11) is 0. The van der Waals surface area contributed by atoms with Crippen molar-refractivity contribution in [1.82, 2.24) is 9.97 Å². The van der Waals surface area contributed by atoms with Crippen LogP contribution in [-0.4, -0.2) is 21.0 Å². The van der Waals surface area contributed by atoms with Crippen molar-refractivity contribution in [1.29, 1.82) is 0 Å². The second-order valence-electron chi connectivity index (χ2n) is 3.56. The molecule has 0 bridgehead atoms. The molecule has 0 saturated heterocycles. The van der Waals surface area contributed by atoms with E-state index in [2.05, 4.69) is 25.9 Å². The molecule has 1 N–H and O–H groups in total. The summed E-state index contributed by atoms with van der Waals surface area (Å²) in [5.74, 6) is -0.226. The Kier molecular flexibility index (Phi) is 3.57. The number of aromatic nitrogens is 2. The van der Waals surface area contributed by atoms with Crippen molar-refractivity contribution in [3.8, 4) is 11.6 Å². The van der Waals surface area contributed by atoms with Crippen molar-refractivity contribution in [2.45, 2.75) is 6.92 Å². The van der Waals surface area contributed by atoms with Gasteiger partial charge in [-0.3, -0.25) is 0 Å². The average Bonchev–Trinajstić information content (AvgIpc) is 2.34. The summed E-state index contributed by atoms with van der Waals surface area (Å²) < 4.78 is 6.42. The van der Waals surface area contributed by atoms with Crippen LogP contribution >= 0.6 is 15.9 Å². The van der Waals surface area contributed by atoms with Gasteiger partial charge in [-0.2, -0.15) is 0 Å². The standard InChI is InChI=1S/C12H9BrN2O3/c1-7-2-3-8(13)4-10(7)18-11-6-14-9(5-15-11)12(16)17/h2-6H,1H3,(H,16,17). The van der Waals surface area contributed by atoms with E-state index in [0.29, 0.717) is 5.75 Å². The van der Waals surface area contributed by atoms with Gasteiger partial charge < -0.3 is 9.84 Å². The molecule has 0 fully saturated rings. The molecule has 92 valence electrons. The molecule has 1 heterocycles. The van der Waals surface area contributed by atoms with Crippen molar-refractivity contribution in [2.24, 2.45) is 0 Å². The first-order valence-corrected chi connectivity index (χ1v) is 5.85. The second kappa shape index (κ2) is 5.14. The van der Waals surface area contributed by atoms with E-state index in [1.54, 1.807) is 0 Å². The van der Waals surface area contributed by atoms with Gasteiger partial charge in [-0.1, -0.05) is 22.0 Å². The highest BCUT2D eigenvalue weighted by Crippen LogP contribution is 2.26. The van der Waals surface area contributed by atoms with Crippen molar-refractivity contribution in [3.63, 3.8) is 0 Å². The summed E-state index contributed by atoms with van der Waals surface area (Å²) in [4.78, 5) is 18.2. The monoisotopic (exact) mass is 308 g/mol. The van der Waals surface area contributed by atoms with Gasteiger partial charge in [-0.05, 0) is 24.6 Å². The Hall–Kier alpha value is -1.95. The number of benzene rings is 1. The first-order valence-electron chi connectivity index (χ1n) is 5.05. The molecule has 0 radical (unpaired) electrons. The van der Waals surface area contributed by atoms with Crippen LogP contribution in [0, 0.1) is 6.92 Å². The van der Waals surface area contributed by atoms with Crippen LogP contribution in [0.5, 0.6) is 11.6 Å². The number of hydrogen-bond acceptors (Lipinski definition) is 4. The van der Waals surface area contributed by atoms with Crippen LogP contribution in [0.3, 0.4) is 0 Å². The summed E-state index contributed by atoms with van der Waals surface area (Å²) in [6.07, 6.45) is 2.44. The Morgan fingerprint density at radius 2 is 2.11 bits per heavy atom. The lowest BCUT2D eigenvalue weighted by molar-refractivity contribution is 0.0690. The molecule has 6 heteroatoms. The minimum absolute atomic E-state index is 0.117. The summed E-state index contributed by atoms with van der Waals surface area (Å²) in [6.45, 7) is 1.90. The largest absolute Gasteiger partial charge is 0.476 e. The predicted molar refractivity (Wildman–Crippen MR) is 67.9 cm³/mol. The van der Waals surface area contributed by atoms with Gasteiger partial charge in [-0.25, -0.2) is 14.8 Å². The molecule has 1 aromatic carbocycles. The maximum absolute atomic E-state index is 10.6. The van der Waals surface area contributed by atoms with Crippen LogP contribution < -0.4 is 4.74 Å². The molecule has 0 unspecified atom stereocenters. The molecule has 0 atom stereocenters. The lowest BCUT2D eigenvalue weighted by Crippen LogP contribution is -2.01. The summed E-state index contributed by atoms with van der Waals surface area (Å²) in [6, 6.07) is 5.61. The minimum atomic E-state index is -1.12. The van der Waals surface area contributed by atoms with Crippen LogP contribution in [0.25, 0.3) is 0 Å². The lowest BCUT2D eigenvalue weighted by atomic mass is 10.2. The van der Waals surface area contributed by atoms with Gasteiger partial charge in [0.25, 0.3) is 0 Å². The first kappa shape index (κ1) is 12.5. The molecular formula is C12H9BrN2O3. The first-order chi connectivity index (χ1) is 8.56. The molecule has 0 amide bonds. The third-order valence-electron chi connectivity index (χ3n) is 2.21. The number of aromatic carboxylic acids is 1. The molecule has 1 aromatic heterocycles. The van der Waals surface area contributed by atoms with Gasteiger partial charge in [0.05, 0.1) is 12.4 Å². The molecule has 18 heavy (non-hydrogen) atoms. The number of hydrogen-bond donors (Lipinski definition) is 1. The fraction of sp³-hybridized carbons (Fsp3) is 0.0833. The Labute approximate surface area is 112 Å². The van der Waals surface area contributed by atoms with Crippen molar-refractivity contribution in [3.05, 3.63) is 46.3 Å². The predicted octanol–water partition coefficient (Wildman–Crippen LogP) is 3.04. The molecule has 0 aliphatic heterocycles. The zero-order valence-corrected chi connectivity index (χ0v) is 11.0. The number of rotatable bonds is 3. The van der Waals surface area contributed by atoms with Gasteiger partial charge in [0.2, 0.25) is 5.88 Å². The van der Waals surface area contributed by atoms with E-state index in [9.17, 15) is 4.79 Å². The minimum Gasteiger partial charge on any atom is -0.476 e. The molecule has 2 rings (SSSR count). The van der Waals surface area contributed by atoms with Gasteiger partial charge >= 0.3 is 5.97 Å². The summed E-state index contributed by atoms with van der Waals surface area (Å²) in [5, 5.41) is 8.70. The number of carboxylic acid groups (broad SMARTS) is 1. The quantitative estimate of drug-likeness (QED) is 0.943. The Bertz CT molecular complexity index is 584. The fourth-order valence-electron chi connectivity index (χ4n) is 1.28. The number of aryl methyl sites for hydroxylation is 1. The molecule has 5 nitrogen and oxygen atoms in total. The number of halogens is 1. The Balaban J connectivity index is 2.23. The molecule has 0 saturated carbocycles. The van der Waals surface area contributed by atoms with E-state index >= 15 is 0 Å². The zero-order chi connectivity index (χ0) is 13.1. The zero-order valence-electron chi connectivity index (χ0n) is 9.42. The maximum atomic E-state index is 10.6. The van der Waals surface area contributed by atoms with E-state index in [0.717, 1.165) is 16.2 Å². The topological polar surface area (TPSA) is 72.3 Å². The second-order valence-corrected chi connectivity index (χ2v) is 4.47. The van der Waals surface area contributed by atoms with Crippen LogP contribution in [-0.2, 0) is 0 Å². The Morgan fingerprint density at radius 3 is 2.72 bits per heavy atom. The lowest BCUT2D eigenvalue weighted by Gasteiger charge is -2.07. The highest BCUT2D eigenvalue weighted by atomic mass is 79.9. The Morgan fingerprint density at radius 1 is 1.33 bits per heavy atom. The molecule has 2 aromatic rings. The normalized spacial score (nSPS) is 10.1. The van der Waals surface area contributed by atoms with Gasteiger partial charge in [0, 0.05) is 4.47 Å². The SMILES string of the molecule is Cc1ccc(Br)cc1Oc1cnc(C(=O)O)cn1. The van der Waals surface area contributed by atoms with Crippen LogP contribution in [0.4, 0.5) is 0 Å². The third kappa shape index (κ3) is 2.84. The smallest absolute Gasteiger partial charge is 0.356 e. The molecule has 0 aliphatic rings. The number of carbonyl (C=O) groups is 1. The molecule has 0 spiro atoms. The van der Waals surface area contributed by atoms with Gasteiger partial charge in [0.15, 0.2) is 5.69 Å². The van der Waals surface area contributed by atoms with Crippen molar-refractivity contribution in [2.75, 3.05) is 0 Å². The average molecular weight is 309 g/mol. The van der Waals surface area contributed by atoms with E-state index in [-0.39, 0.29) is 11.6 Å². The van der Waals surface area contributed by atoms with E-state index in [1.807, 2.05) is 25.1 Å². The highest BCUT2D eigenvalue weighted by molar-refractivity contribution is 9.10. The fourth-order valence-corrected chi connectivity index (χ4v) is 1.62. The van der Waals surface area contributed by atoms with Crippen LogP contribution in [0.1, 0.15) is 16.1 Å². The van der Waals surface area contributed by atoms with Crippen molar-refractivity contribution < 1.29 is 14.6 Å². The van der Waals surface area contributed by atoms with E-state index in [4.69, 9.17) is 9.84 Å². The van der Waals surface area contributed by atoms with E-state index in [1.165, 1.54) is 6.20 Å².